The van der Waals surface area contributed by atoms with Crippen LogP contribution in [0.25, 0.3) is 0 Å². The summed E-state index contributed by atoms with van der Waals surface area (Å²) in [4.78, 5) is 24.0. The van der Waals surface area contributed by atoms with Crippen molar-refractivity contribution < 1.29 is 9.59 Å². The van der Waals surface area contributed by atoms with Gasteiger partial charge in [-0.15, -0.1) is 0 Å². The lowest BCUT2D eigenvalue weighted by molar-refractivity contribution is 0.0749. The van der Waals surface area contributed by atoms with Crippen LogP contribution in [0.15, 0.2) is 0 Å². The first-order valence-corrected chi connectivity index (χ1v) is 9.35. The van der Waals surface area contributed by atoms with Crippen LogP contribution in [-0.4, -0.2) is 36.7 Å². The Kier molecular flexibility index (Phi) is 4.67. The quantitative estimate of drug-likeness (QED) is 0.622. The molecule has 0 heterocycles. The predicted molar refractivity (Wildman–Crippen MR) is 93.8 cm³/mol. The van der Waals surface area contributed by atoms with Crippen molar-refractivity contribution in [3.05, 3.63) is 0 Å². The van der Waals surface area contributed by atoms with Crippen molar-refractivity contribution >= 4 is 12.1 Å². The molecule has 2 atom stereocenters. The molecule has 0 spiro atoms. The minimum Gasteiger partial charge on any atom is -0.338 e. The topological polar surface area (TPSA) is 82.3 Å². The molecule has 6 nitrogen and oxygen atoms in total. The number of nitrogens with one attached hydrogen (secondary N) is 4. The number of carbonyl (C=O) groups excluding carboxylic acids is 2. The third-order valence-electron chi connectivity index (χ3n) is 5.28. The maximum Gasteiger partial charge on any atom is 0.315 e. The van der Waals surface area contributed by atoms with Gasteiger partial charge in [0.2, 0.25) is 0 Å². The standard InChI is InChI=1S/C18H32N4O2/c1-17(2)8-14(22-16(24)21-13-6-7-13)9-18(3,10-17)11-19-15(23)20-12-4-5-12/h12-14H,4-11H2,1-3H3,(H2,19,20,23)(H2,21,22,24)/t14-,18-/m0/s1. The van der Waals surface area contributed by atoms with Gasteiger partial charge in [0.25, 0.3) is 0 Å². The first-order chi connectivity index (χ1) is 11.2. The van der Waals surface area contributed by atoms with Crippen molar-refractivity contribution in [1.82, 2.24) is 21.3 Å². The monoisotopic (exact) mass is 336 g/mol. The highest BCUT2D eigenvalue weighted by atomic mass is 16.2. The highest BCUT2D eigenvalue weighted by molar-refractivity contribution is 5.75. The summed E-state index contributed by atoms with van der Waals surface area (Å²) in [6, 6.07) is 0.813. The summed E-state index contributed by atoms with van der Waals surface area (Å²) in [6.45, 7) is 7.38. The van der Waals surface area contributed by atoms with Gasteiger partial charge in [-0.1, -0.05) is 20.8 Å². The molecule has 3 rings (SSSR count). The summed E-state index contributed by atoms with van der Waals surface area (Å²) in [6.07, 6.45) is 7.32. The van der Waals surface area contributed by atoms with E-state index in [1.807, 2.05) is 0 Å². The molecular weight excluding hydrogens is 304 g/mol. The minimum atomic E-state index is -0.0573. The second-order valence-electron chi connectivity index (χ2n) is 9.25. The third-order valence-corrected chi connectivity index (χ3v) is 5.28. The van der Waals surface area contributed by atoms with Gasteiger partial charge in [0.1, 0.15) is 0 Å². The zero-order valence-electron chi connectivity index (χ0n) is 15.2. The number of hydrogen-bond acceptors (Lipinski definition) is 2. The Bertz CT molecular complexity index is 499. The molecule has 0 aromatic carbocycles. The maximum atomic E-state index is 12.1. The van der Waals surface area contributed by atoms with E-state index in [4.69, 9.17) is 0 Å². The molecule has 3 aliphatic carbocycles. The van der Waals surface area contributed by atoms with Crippen molar-refractivity contribution in [3.8, 4) is 0 Å². The summed E-state index contributed by atoms with van der Waals surface area (Å²) in [5.74, 6) is 0. The molecule has 0 aliphatic heterocycles. The molecule has 136 valence electrons. The van der Waals surface area contributed by atoms with E-state index in [0.29, 0.717) is 18.6 Å². The molecule has 3 aliphatic rings. The molecule has 0 bridgehead atoms. The average molecular weight is 336 g/mol. The Morgan fingerprint density at radius 2 is 1.38 bits per heavy atom. The zero-order valence-corrected chi connectivity index (χ0v) is 15.2. The molecule has 0 saturated heterocycles. The number of urea groups is 2. The second-order valence-corrected chi connectivity index (χ2v) is 9.25. The molecule has 0 aromatic rings. The van der Waals surface area contributed by atoms with Crippen molar-refractivity contribution in [2.45, 2.75) is 83.8 Å². The molecule has 3 saturated carbocycles. The van der Waals surface area contributed by atoms with Crippen LogP contribution in [0.3, 0.4) is 0 Å². The number of carbonyl (C=O) groups is 2. The van der Waals surface area contributed by atoms with Gasteiger partial charge in [0.15, 0.2) is 0 Å². The Labute approximate surface area is 144 Å². The van der Waals surface area contributed by atoms with Crippen LogP contribution in [0.5, 0.6) is 0 Å². The number of rotatable bonds is 5. The van der Waals surface area contributed by atoms with E-state index in [0.717, 1.165) is 44.9 Å². The van der Waals surface area contributed by atoms with Gasteiger partial charge in [-0.2, -0.15) is 0 Å². The number of hydrogen-bond donors (Lipinski definition) is 4. The Hall–Kier alpha value is -1.46. The second kappa shape index (κ2) is 6.45. The average Bonchev–Trinajstić information content (AvgIpc) is 3.30. The van der Waals surface area contributed by atoms with Crippen molar-refractivity contribution in [2.24, 2.45) is 10.8 Å². The summed E-state index contributed by atoms with van der Waals surface area (Å²) in [5, 5.41) is 12.2. The Morgan fingerprint density at radius 3 is 1.96 bits per heavy atom. The molecule has 4 N–H and O–H groups in total. The Morgan fingerprint density at radius 1 is 0.833 bits per heavy atom. The van der Waals surface area contributed by atoms with Crippen LogP contribution in [0.4, 0.5) is 9.59 Å². The molecule has 0 radical (unpaired) electrons. The fourth-order valence-electron chi connectivity index (χ4n) is 4.27. The summed E-state index contributed by atoms with van der Waals surface area (Å²) < 4.78 is 0. The van der Waals surface area contributed by atoms with Crippen LogP contribution < -0.4 is 21.3 Å². The van der Waals surface area contributed by atoms with E-state index in [2.05, 4.69) is 42.0 Å². The Balaban J connectivity index is 1.52. The van der Waals surface area contributed by atoms with E-state index in [9.17, 15) is 9.59 Å². The SMILES string of the molecule is CC1(C)C[C@H](NC(=O)NC2CC2)C[C@](C)(CNC(=O)NC2CC2)C1. The van der Waals surface area contributed by atoms with Crippen LogP contribution in [0.2, 0.25) is 0 Å². The lowest BCUT2D eigenvalue weighted by Crippen LogP contribution is -2.53. The maximum absolute atomic E-state index is 12.1. The largest absolute Gasteiger partial charge is 0.338 e. The fourth-order valence-corrected chi connectivity index (χ4v) is 4.27. The van der Waals surface area contributed by atoms with E-state index < -0.39 is 0 Å². The molecule has 6 heteroatoms. The lowest BCUT2D eigenvalue weighted by Gasteiger charge is -2.46. The summed E-state index contributed by atoms with van der Waals surface area (Å²) in [5.41, 5.74) is 0.152. The summed E-state index contributed by atoms with van der Waals surface area (Å²) >= 11 is 0. The summed E-state index contributed by atoms with van der Waals surface area (Å²) in [7, 11) is 0. The van der Waals surface area contributed by atoms with E-state index in [1.54, 1.807) is 0 Å². The highest BCUT2D eigenvalue weighted by Crippen LogP contribution is 2.45. The van der Waals surface area contributed by atoms with E-state index in [-0.39, 0.29) is 28.9 Å². The number of amides is 4. The van der Waals surface area contributed by atoms with Gasteiger partial charge < -0.3 is 21.3 Å². The fraction of sp³-hybridized carbons (Fsp3) is 0.889. The molecule has 24 heavy (non-hydrogen) atoms. The molecule has 0 aromatic heterocycles. The van der Waals surface area contributed by atoms with Gasteiger partial charge in [-0.25, -0.2) is 9.59 Å². The third kappa shape index (κ3) is 5.28. The van der Waals surface area contributed by atoms with Crippen LogP contribution in [0.1, 0.15) is 65.7 Å². The molecule has 0 unspecified atom stereocenters. The van der Waals surface area contributed by atoms with Crippen LogP contribution in [0, 0.1) is 10.8 Å². The minimum absolute atomic E-state index is 0.000167. The first-order valence-electron chi connectivity index (χ1n) is 9.35. The van der Waals surface area contributed by atoms with E-state index in [1.165, 1.54) is 0 Å². The van der Waals surface area contributed by atoms with Gasteiger partial charge in [-0.05, 0) is 55.8 Å². The van der Waals surface area contributed by atoms with Gasteiger partial charge >= 0.3 is 12.1 Å². The van der Waals surface area contributed by atoms with Crippen molar-refractivity contribution in [1.29, 1.82) is 0 Å². The normalized spacial score (nSPS) is 31.9. The van der Waals surface area contributed by atoms with Gasteiger partial charge in [-0.3, -0.25) is 0 Å². The van der Waals surface area contributed by atoms with Crippen molar-refractivity contribution in [3.63, 3.8) is 0 Å². The van der Waals surface area contributed by atoms with Crippen molar-refractivity contribution in [2.75, 3.05) is 6.54 Å². The van der Waals surface area contributed by atoms with Gasteiger partial charge in [0.05, 0.1) is 0 Å². The lowest BCUT2D eigenvalue weighted by atomic mass is 9.62. The first kappa shape index (κ1) is 17.4. The van der Waals surface area contributed by atoms with Gasteiger partial charge in [0, 0.05) is 24.7 Å². The van der Waals surface area contributed by atoms with Crippen LogP contribution >= 0.6 is 0 Å². The van der Waals surface area contributed by atoms with E-state index >= 15 is 0 Å². The molecule has 4 amide bonds. The highest BCUT2D eigenvalue weighted by Gasteiger charge is 2.42. The smallest absolute Gasteiger partial charge is 0.315 e. The molecule has 3 fully saturated rings. The zero-order chi connectivity index (χ0) is 17.4. The predicted octanol–water partition coefficient (Wildman–Crippen LogP) is 2.49. The molecular formula is C18H32N4O2. The van der Waals surface area contributed by atoms with Crippen LogP contribution in [-0.2, 0) is 0 Å².